The molecule has 0 unspecified atom stereocenters. The first-order chi connectivity index (χ1) is 9.97. The second-order valence-corrected chi connectivity index (χ2v) is 6.11. The molecule has 1 fully saturated rings. The molecule has 0 saturated carbocycles. The van der Waals surface area contributed by atoms with E-state index in [9.17, 15) is 9.59 Å². The molecular weight excluding hydrogens is 336 g/mol. The summed E-state index contributed by atoms with van der Waals surface area (Å²) in [7, 11) is 0. The molecule has 0 radical (unpaired) electrons. The standard InChI is InChI=1S/C15H19BrN2O3/c1-10-8-12(2-3-13(10)16)21-9-14(19)18-6-4-11(5-7-18)15(17)20/h2-3,8,11H,4-7,9H2,1H3,(H2,17,20). The second-order valence-electron chi connectivity index (χ2n) is 5.26. The van der Waals surface area contributed by atoms with Gasteiger partial charge in [0.2, 0.25) is 5.91 Å². The lowest BCUT2D eigenvalue weighted by Gasteiger charge is -2.30. The third-order valence-electron chi connectivity index (χ3n) is 3.74. The Morgan fingerprint density at radius 2 is 2.05 bits per heavy atom. The number of amides is 2. The second kappa shape index (κ2) is 6.93. The van der Waals surface area contributed by atoms with Crippen LogP contribution >= 0.6 is 15.9 Å². The van der Waals surface area contributed by atoms with E-state index in [-0.39, 0.29) is 24.3 Å². The Hall–Kier alpha value is -1.56. The zero-order valence-corrected chi connectivity index (χ0v) is 13.6. The molecule has 2 amide bonds. The average molecular weight is 355 g/mol. The van der Waals surface area contributed by atoms with E-state index in [1.165, 1.54) is 0 Å². The highest BCUT2D eigenvalue weighted by molar-refractivity contribution is 9.10. The normalized spacial score (nSPS) is 15.8. The van der Waals surface area contributed by atoms with Crippen molar-refractivity contribution in [3.63, 3.8) is 0 Å². The first-order valence-corrected chi connectivity index (χ1v) is 7.72. The Morgan fingerprint density at radius 1 is 1.38 bits per heavy atom. The van der Waals surface area contributed by atoms with E-state index >= 15 is 0 Å². The Labute approximate surface area is 132 Å². The third-order valence-corrected chi connectivity index (χ3v) is 4.63. The molecule has 1 aromatic carbocycles. The van der Waals surface area contributed by atoms with Gasteiger partial charge in [-0.1, -0.05) is 15.9 Å². The van der Waals surface area contributed by atoms with Gasteiger partial charge in [-0.3, -0.25) is 9.59 Å². The van der Waals surface area contributed by atoms with Crippen molar-refractivity contribution < 1.29 is 14.3 Å². The molecular formula is C15H19BrN2O3. The van der Waals surface area contributed by atoms with Gasteiger partial charge in [-0.15, -0.1) is 0 Å². The summed E-state index contributed by atoms with van der Waals surface area (Å²) in [5.41, 5.74) is 6.34. The Bertz CT molecular complexity index is 540. The van der Waals surface area contributed by atoms with Crippen molar-refractivity contribution in [1.29, 1.82) is 0 Å². The molecule has 2 N–H and O–H groups in total. The number of nitrogens with zero attached hydrogens (tertiary/aromatic N) is 1. The Morgan fingerprint density at radius 3 is 2.62 bits per heavy atom. The lowest BCUT2D eigenvalue weighted by Crippen LogP contribution is -2.43. The van der Waals surface area contributed by atoms with E-state index in [2.05, 4.69) is 15.9 Å². The van der Waals surface area contributed by atoms with Crippen LogP contribution in [0.15, 0.2) is 22.7 Å². The van der Waals surface area contributed by atoms with Gasteiger partial charge in [0.15, 0.2) is 6.61 Å². The van der Waals surface area contributed by atoms with Crippen LogP contribution in [0.2, 0.25) is 0 Å². The van der Waals surface area contributed by atoms with Crippen LogP contribution < -0.4 is 10.5 Å². The van der Waals surface area contributed by atoms with Crippen molar-refractivity contribution in [1.82, 2.24) is 4.90 Å². The summed E-state index contributed by atoms with van der Waals surface area (Å²) < 4.78 is 6.54. The van der Waals surface area contributed by atoms with E-state index in [4.69, 9.17) is 10.5 Å². The van der Waals surface area contributed by atoms with Crippen molar-refractivity contribution in [2.75, 3.05) is 19.7 Å². The molecule has 0 aromatic heterocycles. The van der Waals surface area contributed by atoms with Gasteiger partial charge in [-0.25, -0.2) is 0 Å². The number of primary amides is 1. The number of piperidine rings is 1. The Balaban J connectivity index is 1.82. The molecule has 5 nitrogen and oxygen atoms in total. The molecule has 21 heavy (non-hydrogen) atoms. The van der Waals surface area contributed by atoms with Crippen molar-refractivity contribution in [3.8, 4) is 5.75 Å². The van der Waals surface area contributed by atoms with E-state index in [0.717, 1.165) is 10.0 Å². The van der Waals surface area contributed by atoms with Gasteiger partial charge in [-0.2, -0.15) is 0 Å². The van der Waals surface area contributed by atoms with E-state index in [1.54, 1.807) is 4.90 Å². The molecule has 2 rings (SSSR count). The minimum absolute atomic E-state index is 0.0162. The fourth-order valence-corrected chi connectivity index (χ4v) is 2.60. The zero-order valence-electron chi connectivity index (χ0n) is 12.0. The molecule has 0 bridgehead atoms. The number of rotatable bonds is 4. The van der Waals surface area contributed by atoms with Crippen LogP contribution in [0, 0.1) is 12.8 Å². The number of benzene rings is 1. The van der Waals surface area contributed by atoms with Crippen LogP contribution in [-0.2, 0) is 9.59 Å². The quantitative estimate of drug-likeness (QED) is 0.896. The van der Waals surface area contributed by atoms with Gasteiger partial charge in [-0.05, 0) is 43.5 Å². The number of nitrogens with two attached hydrogens (primary N) is 1. The molecule has 0 spiro atoms. The van der Waals surface area contributed by atoms with Crippen LogP contribution in [0.25, 0.3) is 0 Å². The number of carbonyl (C=O) groups excluding carboxylic acids is 2. The summed E-state index contributed by atoms with van der Waals surface area (Å²) in [5.74, 6) is 0.238. The monoisotopic (exact) mass is 354 g/mol. The lowest BCUT2D eigenvalue weighted by atomic mass is 9.96. The first-order valence-electron chi connectivity index (χ1n) is 6.93. The molecule has 0 atom stereocenters. The highest BCUT2D eigenvalue weighted by atomic mass is 79.9. The number of carbonyl (C=O) groups is 2. The summed E-state index contributed by atoms with van der Waals surface area (Å²) in [6.45, 7) is 3.11. The number of ether oxygens (including phenoxy) is 1. The number of hydrogen-bond acceptors (Lipinski definition) is 3. The van der Waals surface area contributed by atoms with Crippen molar-refractivity contribution >= 4 is 27.7 Å². The fourth-order valence-electron chi connectivity index (χ4n) is 2.36. The zero-order chi connectivity index (χ0) is 15.4. The SMILES string of the molecule is Cc1cc(OCC(=O)N2CCC(C(N)=O)CC2)ccc1Br. The van der Waals surface area contributed by atoms with Crippen LogP contribution in [-0.4, -0.2) is 36.4 Å². The van der Waals surface area contributed by atoms with Gasteiger partial charge in [0.05, 0.1) is 0 Å². The molecule has 1 heterocycles. The van der Waals surface area contributed by atoms with Crippen molar-refractivity contribution in [2.45, 2.75) is 19.8 Å². The van der Waals surface area contributed by atoms with E-state index in [0.29, 0.717) is 31.7 Å². The third kappa shape index (κ3) is 4.20. The maximum Gasteiger partial charge on any atom is 0.260 e. The maximum absolute atomic E-state index is 12.1. The molecule has 1 aromatic rings. The number of likely N-dealkylation sites (tertiary alicyclic amines) is 1. The van der Waals surface area contributed by atoms with E-state index in [1.807, 2.05) is 25.1 Å². The molecule has 1 saturated heterocycles. The molecule has 1 aliphatic rings. The highest BCUT2D eigenvalue weighted by Gasteiger charge is 2.25. The topological polar surface area (TPSA) is 72.6 Å². The number of halogens is 1. The van der Waals surface area contributed by atoms with Crippen LogP contribution in [0.5, 0.6) is 5.75 Å². The predicted octanol–water partition coefficient (Wildman–Crippen LogP) is 1.86. The molecule has 114 valence electrons. The summed E-state index contributed by atoms with van der Waals surface area (Å²) in [5, 5.41) is 0. The van der Waals surface area contributed by atoms with Gasteiger partial charge < -0.3 is 15.4 Å². The first kappa shape index (κ1) is 15.8. The largest absolute Gasteiger partial charge is 0.484 e. The Kier molecular flexibility index (Phi) is 5.22. The molecule has 6 heteroatoms. The minimum atomic E-state index is -0.274. The molecule has 0 aliphatic carbocycles. The fraction of sp³-hybridized carbons (Fsp3) is 0.467. The van der Waals surface area contributed by atoms with Crippen molar-refractivity contribution in [3.05, 3.63) is 28.2 Å². The lowest BCUT2D eigenvalue weighted by molar-refractivity contribution is -0.136. The summed E-state index contributed by atoms with van der Waals surface area (Å²) in [4.78, 5) is 24.9. The average Bonchev–Trinajstić information content (AvgIpc) is 2.48. The predicted molar refractivity (Wildman–Crippen MR) is 82.9 cm³/mol. The highest BCUT2D eigenvalue weighted by Crippen LogP contribution is 2.22. The molecule has 1 aliphatic heterocycles. The number of aryl methyl sites for hydroxylation is 1. The van der Waals surface area contributed by atoms with E-state index < -0.39 is 0 Å². The van der Waals surface area contributed by atoms with Gasteiger partial charge in [0, 0.05) is 23.5 Å². The summed E-state index contributed by atoms with van der Waals surface area (Å²) in [6, 6.07) is 5.61. The van der Waals surface area contributed by atoms with Gasteiger partial charge in [0.1, 0.15) is 5.75 Å². The maximum atomic E-state index is 12.1. The van der Waals surface area contributed by atoms with Gasteiger partial charge in [0.25, 0.3) is 5.91 Å². The van der Waals surface area contributed by atoms with Crippen LogP contribution in [0.3, 0.4) is 0 Å². The van der Waals surface area contributed by atoms with Crippen LogP contribution in [0.1, 0.15) is 18.4 Å². The van der Waals surface area contributed by atoms with Crippen LogP contribution in [0.4, 0.5) is 0 Å². The summed E-state index contributed by atoms with van der Waals surface area (Å²) in [6.07, 6.45) is 1.27. The van der Waals surface area contributed by atoms with Crippen molar-refractivity contribution in [2.24, 2.45) is 11.7 Å². The smallest absolute Gasteiger partial charge is 0.260 e. The van der Waals surface area contributed by atoms with Gasteiger partial charge >= 0.3 is 0 Å². The summed E-state index contributed by atoms with van der Waals surface area (Å²) >= 11 is 3.42. The minimum Gasteiger partial charge on any atom is -0.484 e. The number of hydrogen-bond donors (Lipinski definition) is 1.